The van der Waals surface area contributed by atoms with Crippen LogP contribution in [0.15, 0.2) is 23.0 Å². The van der Waals surface area contributed by atoms with Gasteiger partial charge in [-0.25, -0.2) is 9.07 Å². The summed E-state index contributed by atoms with van der Waals surface area (Å²) in [7, 11) is 5.84. The van der Waals surface area contributed by atoms with Crippen LogP contribution in [0.4, 0.5) is 4.39 Å². The molecule has 1 saturated carbocycles. The minimum atomic E-state index is -1.24. The first-order chi connectivity index (χ1) is 12.2. The van der Waals surface area contributed by atoms with Crippen LogP contribution in [0.1, 0.15) is 51.6 Å². The van der Waals surface area contributed by atoms with E-state index in [0.29, 0.717) is 35.5 Å². The van der Waals surface area contributed by atoms with Crippen LogP contribution in [0.2, 0.25) is 0 Å². The third-order valence-electron chi connectivity index (χ3n) is 4.90. The van der Waals surface area contributed by atoms with Crippen LogP contribution in [0.3, 0.4) is 0 Å². The molecular weight excluding hydrogens is 332 g/mol. The maximum atomic E-state index is 13.9. The van der Waals surface area contributed by atoms with Crippen molar-refractivity contribution in [3.05, 3.63) is 34.2 Å². The van der Waals surface area contributed by atoms with Gasteiger partial charge < -0.3 is 5.32 Å². The summed E-state index contributed by atoms with van der Waals surface area (Å²) in [6.07, 6.45) is 1.34. The number of amides is 1. The second-order valence-electron chi connectivity index (χ2n) is 7.73. The van der Waals surface area contributed by atoms with Gasteiger partial charge in [0.05, 0.1) is 11.1 Å². The van der Waals surface area contributed by atoms with Gasteiger partial charge in [0.15, 0.2) is 0 Å². The SMILES string of the molecule is [B]c1ccc2c(=O)n(CC(=O)NC3CCC(C)(F)C3)nc(C(C)C)c2c1. The normalized spacial score (nSPS) is 22.9. The third kappa shape index (κ3) is 3.81. The molecule has 1 aliphatic carbocycles. The molecule has 1 aromatic heterocycles. The molecular formula is C19H23BFN3O2. The second-order valence-corrected chi connectivity index (χ2v) is 7.73. The molecule has 1 amide bonds. The lowest BCUT2D eigenvalue weighted by molar-refractivity contribution is -0.122. The number of nitrogens with one attached hydrogen (secondary N) is 1. The van der Waals surface area contributed by atoms with Crippen LogP contribution in [-0.4, -0.2) is 35.2 Å². The Hall–Kier alpha value is -2.18. The summed E-state index contributed by atoms with van der Waals surface area (Å²) >= 11 is 0. The Bertz CT molecular complexity index is 908. The van der Waals surface area contributed by atoms with E-state index in [1.54, 1.807) is 25.1 Å². The van der Waals surface area contributed by atoms with Crippen LogP contribution < -0.4 is 16.3 Å². The van der Waals surface area contributed by atoms with E-state index in [0.717, 1.165) is 5.69 Å². The first-order valence-corrected chi connectivity index (χ1v) is 8.95. The highest BCUT2D eigenvalue weighted by atomic mass is 19.1. The quantitative estimate of drug-likeness (QED) is 0.850. The largest absolute Gasteiger partial charge is 0.352 e. The topological polar surface area (TPSA) is 64.0 Å². The number of rotatable bonds is 4. The smallest absolute Gasteiger partial charge is 0.275 e. The van der Waals surface area contributed by atoms with Crippen LogP contribution in [0.5, 0.6) is 0 Å². The Morgan fingerprint density at radius 1 is 1.46 bits per heavy atom. The molecule has 2 aromatic rings. The fraction of sp³-hybridized carbons (Fsp3) is 0.526. The number of carbonyl (C=O) groups excluding carboxylic acids is 1. The Kier molecular flexibility index (Phi) is 4.91. The summed E-state index contributed by atoms with van der Waals surface area (Å²) in [6.45, 7) is 5.31. The van der Waals surface area contributed by atoms with E-state index in [4.69, 9.17) is 7.85 Å². The predicted octanol–water partition coefficient (Wildman–Crippen LogP) is 1.71. The summed E-state index contributed by atoms with van der Waals surface area (Å²) < 4.78 is 15.1. The van der Waals surface area contributed by atoms with Crippen LogP contribution in [-0.2, 0) is 11.3 Å². The van der Waals surface area contributed by atoms with Crippen molar-refractivity contribution in [2.24, 2.45) is 0 Å². The molecule has 0 spiro atoms. The second kappa shape index (κ2) is 6.85. The molecule has 3 rings (SSSR count). The standard InChI is InChI=1S/C19H23BFN3O2/c1-11(2)17-15-8-12(20)4-5-14(15)18(26)24(23-17)10-16(25)22-13-6-7-19(3,21)9-13/h4-5,8,11,13H,6-7,9-10H2,1-3H3,(H,22,25). The summed E-state index contributed by atoms with van der Waals surface area (Å²) in [5.74, 6) is -0.261. The van der Waals surface area contributed by atoms with Crippen LogP contribution in [0, 0.1) is 0 Å². The van der Waals surface area contributed by atoms with Gasteiger partial charge >= 0.3 is 0 Å². The van der Waals surface area contributed by atoms with Gasteiger partial charge in [0, 0.05) is 17.8 Å². The van der Waals surface area contributed by atoms with Crippen molar-refractivity contribution in [1.82, 2.24) is 15.1 Å². The van der Waals surface area contributed by atoms with Gasteiger partial charge in [-0.05, 0) is 31.7 Å². The molecule has 2 atom stereocenters. The fourth-order valence-corrected chi connectivity index (χ4v) is 3.59. The zero-order valence-corrected chi connectivity index (χ0v) is 15.4. The van der Waals surface area contributed by atoms with E-state index in [1.807, 2.05) is 13.8 Å². The van der Waals surface area contributed by atoms with E-state index in [2.05, 4.69) is 10.4 Å². The van der Waals surface area contributed by atoms with Gasteiger partial charge in [0.1, 0.15) is 20.1 Å². The van der Waals surface area contributed by atoms with E-state index in [9.17, 15) is 14.0 Å². The number of halogens is 1. The van der Waals surface area contributed by atoms with Gasteiger partial charge in [0.2, 0.25) is 5.91 Å². The zero-order valence-electron chi connectivity index (χ0n) is 15.4. The highest BCUT2D eigenvalue weighted by Crippen LogP contribution is 2.32. The summed E-state index contributed by atoms with van der Waals surface area (Å²) in [5.41, 5.74) is -0.287. The van der Waals surface area contributed by atoms with Crippen molar-refractivity contribution < 1.29 is 9.18 Å². The molecule has 136 valence electrons. The number of carbonyl (C=O) groups is 1. The summed E-state index contributed by atoms with van der Waals surface area (Å²) in [6, 6.07) is 4.88. The number of nitrogens with zero attached hydrogens (tertiary/aromatic N) is 2. The molecule has 26 heavy (non-hydrogen) atoms. The van der Waals surface area contributed by atoms with E-state index in [1.165, 1.54) is 4.68 Å². The molecule has 5 nitrogen and oxygen atoms in total. The lowest BCUT2D eigenvalue weighted by Gasteiger charge is -2.16. The average Bonchev–Trinajstić information content (AvgIpc) is 2.88. The molecule has 1 N–H and O–H groups in total. The Morgan fingerprint density at radius 2 is 2.19 bits per heavy atom. The number of hydrogen-bond acceptors (Lipinski definition) is 3. The van der Waals surface area contributed by atoms with Crippen molar-refractivity contribution in [3.63, 3.8) is 0 Å². The molecule has 1 aromatic carbocycles. The lowest BCUT2D eigenvalue weighted by Crippen LogP contribution is -2.39. The number of fused-ring (bicyclic) bond motifs is 1. The molecule has 1 heterocycles. The van der Waals surface area contributed by atoms with Crippen molar-refractivity contribution >= 4 is 30.0 Å². The minimum absolute atomic E-state index is 0.0660. The van der Waals surface area contributed by atoms with Crippen molar-refractivity contribution in [2.45, 2.75) is 64.2 Å². The van der Waals surface area contributed by atoms with Gasteiger partial charge in [-0.15, -0.1) is 0 Å². The maximum Gasteiger partial charge on any atom is 0.275 e. The monoisotopic (exact) mass is 355 g/mol. The molecule has 1 fully saturated rings. The first kappa shape index (κ1) is 18.6. The molecule has 2 radical (unpaired) electrons. The molecule has 0 aliphatic heterocycles. The van der Waals surface area contributed by atoms with Gasteiger partial charge in [0.25, 0.3) is 5.56 Å². The van der Waals surface area contributed by atoms with Crippen LogP contribution >= 0.6 is 0 Å². The van der Waals surface area contributed by atoms with E-state index < -0.39 is 5.67 Å². The molecule has 1 aliphatic rings. The van der Waals surface area contributed by atoms with Crippen LogP contribution in [0.25, 0.3) is 10.8 Å². The first-order valence-electron chi connectivity index (χ1n) is 8.95. The summed E-state index contributed by atoms with van der Waals surface area (Å²) in [4.78, 5) is 25.1. The van der Waals surface area contributed by atoms with Crippen molar-refractivity contribution in [2.75, 3.05) is 0 Å². The Labute approximate surface area is 153 Å². The number of aromatic nitrogens is 2. The molecule has 7 heteroatoms. The Balaban J connectivity index is 1.88. The highest BCUT2D eigenvalue weighted by molar-refractivity contribution is 6.33. The lowest BCUT2D eigenvalue weighted by atomic mass is 9.92. The molecule has 0 saturated heterocycles. The highest BCUT2D eigenvalue weighted by Gasteiger charge is 2.35. The zero-order chi connectivity index (χ0) is 19.1. The maximum absolute atomic E-state index is 13.9. The van der Waals surface area contributed by atoms with Gasteiger partial charge in [-0.2, -0.15) is 5.10 Å². The minimum Gasteiger partial charge on any atom is -0.352 e. The Morgan fingerprint density at radius 3 is 2.81 bits per heavy atom. The van der Waals surface area contributed by atoms with E-state index >= 15 is 0 Å². The van der Waals surface area contributed by atoms with Gasteiger partial charge in [-0.3, -0.25) is 9.59 Å². The average molecular weight is 355 g/mol. The number of benzene rings is 1. The molecule has 2 unspecified atom stereocenters. The van der Waals surface area contributed by atoms with Crippen molar-refractivity contribution in [1.29, 1.82) is 0 Å². The number of hydrogen-bond donors (Lipinski definition) is 1. The molecule has 0 bridgehead atoms. The van der Waals surface area contributed by atoms with Crippen molar-refractivity contribution in [3.8, 4) is 0 Å². The third-order valence-corrected chi connectivity index (χ3v) is 4.90. The fourth-order valence-electron chi connectivity index (χ4n) is 3.59. The van der Waals surface area contributed by atoms with E-state index in [-0.39, 0.29) is 30.0 Å². The predicted molar refractivity (Wildman–Crippen MR) is 101 cm³/mol. The van der Waals surface area contributed by atoms with Gasteiger partial charge in [-0.1, -0.05) is 31.4 Å². The number of alkyl halides is 1. The summed E-state index contributed by atoms with van der Waals surface area (Å²) in [5, 5.41) is 8.42.